The summed E-state index contributed by atoms with van der Waals surface area (Å²) in [5.41, 5.74) is -0.448. The van der Waals surface area contributed by atoms with Crippen molar-refractivity contribution in [1.82, 2.24) is 4.72 Å². The van der Waals surface area contributed by atoms with Gasteiger partial charge in [-0.2, -0.15) is 0 Å². The van der Waals surface area contributed by atoms with E-state index in [0.717, 1.165) is 6.07 Å². The second-order valence-electron chi connectivity index (χ2n) is 3.78. The first-order chi connectivity index (χ1) is 9.27. The van der Waals surface area contributed by atoms with Gasteiger partial charge < -0.3 is 9.84 Å². The third-order valence-electron chi connectivity index (χ3n) is 2.24. The summed E-state index contributed by atoms with van der Waals surface area (Å²) in [7, 11) is -2.46. The van der Waals surface area contributed by atoms with E-state index in [1.54, 1.807) is 0 Å². The Kier molecular flexibility index (Phi) is 6.30. The second-order valence-corrected chi connectivity index (χ2v) is 7.43. The Labute approximate surface area is 124 Å². The molecule has 0 spiro atoms. The molecule has 0 aliphatic rings. The van der Waals surface area contributed by atoms with E-state index in [-0.39, 0.29) is 28.1 Å². The number of sulfonamides is 1. The van der Waals surface area contributed by atoms with E-state index in [1.165, 1.54) is 7.11 Å². The fraction of sp³-hybridized carbons (Fsp3) is 0.556. The molecule has 1 aromatic rings. The molecular formula is C9H13ClN2O6S2. The molecule has 1 unspecified atom stereocenters. The summed E-state index contributed by atoms with van der Waals surface area (Å²) in [6, 6.07) is 0.904. The minimum atomic E-state index is -3.88. The van der Waals surface area contributed by atoms with Crippen LogP contribution in [0, 0.1) is 10.1 Å². The molecule has 0 radical (unpaired) electrons. The smallest absolute Gasteiger partial charge is 0.300 e. The lowest BCUT2D eigenvalue weighted by molar-refractivity contribution is -0.384. The number of hydrogen-bond donors (Lipinski definition) is 2. The third kappa shape index (κ3) is 4.65. The van der Waals surface area contributed by atoms with Crippen LogP contribution in [0.3, 0.4) is 0 Å². The molecule has 8 nitrogen and oxygen atoms in total. The number of methoxy groups -OCH3 is 1. The molecule has 1 aromatic heterocycles. The maximum absolute atomic E-state index is 11.9. The Morgan fingerprint density at radius 1 is 1.65 bits per heavy atom. The van der Waals surface area contributed by atoms with E-state index in [1.807, 2.05) is 0 Å². The number of hydrogen-bond acceptors (Lipinski definition) is 7. The number of thiophene rings is 1. The molecule has 1 rings (SSSR count). The molecule has 114 valence electrons. The third-order valence-corrected chi connectivity index (χ3v) is 5.51. The largest absolute Gasteiger partial charge is 0.391 e. The van der Waals surface area contributed by atoms with E-state index in [2.05, 4.69) is 4.72 Å². The van der Waals surface area contributed by atoms with Gasteiger partial charge in [-0.1, -0.05) is 11.6 Å². The Hall–Kier alpha value is -0.780. The van der Waals surface area contributed by atoms with Gasteiger partial charge in [0.25, 0.3) is 5.69 Å². The fourth-order valence-electron chi connectivity index (χ4n) is 1.30. The van der Waals surface area contributed by atoms with Gasteiger partial charge in [-0.3, -0.25) is 10.1 Å². The molecule has 0 saturated heterocycles. The summed E-state index contributed by atoms with van der Waals surface area (Å²) in [6.07, 6.45) is -0.627. The maximum Gasteiger partial charge on any atom is 0.300 e. The van der Waals surface area contributed by atoms with E-state index in [4.69, 9.17) is 16.3 Å². The molecule has 2 N–H and O–H groups in total. The molecular weight excluding hydrogens is 332 g/mol. The Morgan fingerprint density at radius 2 is 2.30 bits per heavy atom. The van der Waals surface area contributed by atoms with Crippen LogP contribution in [-0.2, 0) is 14.8 Å². The van der Waals surface area contributed by atoms with Crippen LogP contribution in [-0.4, -0.2) is 44.8 Å². The quantitative estimate of drug-likeness (QED) is 0.536. The maximum atomic E-state index is 11.9. The average Bonchev–Trinajstić information content (AvgIpc) is 2.72. The van der Waals surface area contributed by atoms with Crippen molar-refractivity contribution in [3.8, 4) is 0 Å². The van der Waals surface area contributed by atoms with Gasteiger partial charge in [-0.15, -0.1) is 11.3 Å². The minimum absolute atomic E-state index is 0.0177. The fourth-order valence-corrected chi connectivity index (χ4v) is 4.06. The molecule has 0 bridgehead atoms. The number of aliphatic hydroxyl groups is 1. The van der Waals surface area contributed by atoms with Gasteiger partial charge in [0.1, 0.15) is 4.21 Å². The molecule has 0 saturated carbocycles. The summed E-state index contributed by atoms with van der Waals surface area (Å²) in [4.78, 5) is 9.85. The van der Waals surface area contributed by atoms with Crippen LogP contribution in [0.1, 0.15) is 6.42 Å². The lowest BCUT2D eigenvalue weighted by Crippen LogP contribution is -2.28. The van der Waals surface area contributed by atoms with Crippen molar-refractivity contribution in [3.05, 3.63) is 20.5 Å². The van der Waals surface area contributed by atoms with Crippen LogP contribution in [0.2, 0.25) is 4.34 Å². The molecule has 0 aromatic carbocycles. The average molecular weight is 345 g/mol. The van der Waals surface area contributed by atoms with Crippen molar-refractivity contribution in [2.45, 2.75) is 16.7 Å². The van der Waals surface area contributed by atoms with Crippen molar-refractivity contribution in [2.24, 2.45) is 0 Å². The number of ether oxygens (including phenoxy) is 1. The van der Waals surface area contributed by atoms with Crippen LogP contribution in [0.5, 0.6) is 0 Å². The highest BCUT2D eigenvalue weighted by molar-refractivity contribution is 7.91. The summed E-state index contributed by atoms with van der Waals surface area (Å²) in [6.45, 7) is 0.0776. The van der Waals surface area contributed by atoms with Crippen LogP contribution in [0.25, 0.3) is 0 Å². The number of nitro groups is 1. The van der Waals surface area contributed by atoms with Gasteiger partial charge in [0.2, 0.25) is 10.0 Å². The van der Waals surface area contributed by atoms with Gasteiger partial charge in [-0.05, 0) is 6.42 Å². The summed E-state index contributed by atoms with van der Waals surface area (Å²) in [5.74, 6) is 0. The predicted octanol–water partition coefficient (Wildman–Crippen LogP) is 0.985. The van der Waals surface area contributed by atoms with E-state index in [0.29, 0.717) is 11.3 Å². The van der Waals surface area contributed by atoms with Crippen molar-refractivity contribution < 1.29 is 23.2 Å². The SMILES string of the molecule is COCC(O)CCNS(=O)(=O)c1cc([N+](=O)[O-])c(Cl)s1. The van der Waals surface area contributed by atoms with Crippen molar-refractivity contribution >= 4 is 38.6 Å². The minimum Gasteiger partial charge on any atom is -0.391 e. The van der Waals surface area contributed by atoms with Gasteiger partial charge in [0.05, 0.1) is 17.6 Å². The zero-order valence-electron chi connectivity index (χ0n) is 10.4. The van der Waals surface area contributed by atoms with Gasteiger partial charge in [-0.25, -0.2) is 13.1 Å². The zero-order chi connectivity index (χ0) is 15.3. The monoisotopic (exact) mass is 344 g/mol. The van der Waals surface area contributed by atoms with Crippen molar-refractivity contribution in [3.63, 3.8) is 0 Å². The number of nitrogens with zero attached hydrogens (tertiary/aromatic N) is 1. The molecule has 1 atom stereocenters. The molecule has 20 heavy (non-hydrogen) atoms. The van der Waals surface area contributed by atoms with Crippen molar-refractivity contribution in [1.29, 1.82) is 0 Å². The Bertz CT molecular complexity index is 573. The highest BCUT2D eigenvalue weighted by Crippen LogP contribution is 2.35. The topological polar surface area (TPSA) is 119 Å². The normalized spacial score (nSPS) is 13.3. The van der Waals surface area contributed by atoms with Gasteiger partial charge >= 0.3 is 0 Å². The van der Waals surface area contributed by atoms with Crippen LogP contribution >= 0.6 is 22.9 Å². The summed E-state index contributed by atoms with van der Waals surface area (Å²) < 4.78 is 30.2. The predicted molar refractivity (Wildman–Crippen MR) is 73.7 cm³/mol. The molecule has 0 amide bonds. The first-order valence-electron chi connectivity index (χ1n) is 5.38. The van der Waals surface area contributed by atoms with E-state index < -0.39 is 26.7 Å². The molecule has 0 aliphatic carbocycles. The van der Waals surface area contributed by atoms with Crippen LogP contribution in [0.15, 0.2) is 10.3 Å². The molecule has 0 fully saturated rings. The highest BCUT2D eigenvalue weighted by Gasteiger charge is 2.25. The first-order valence-corrected chi connectivity index (χ1v) is 8.06. The summed E-state index contributed by atoms with van der Waals surface area (Å²) >= 11 is 6.20. The molecule has 1 heterocycles. The van der Waals surface area contributed by atoms with Gasteiger partial charge in [0, 0.05) is 19.7 Å². The Morgan fingerprint density at radius 3 is 2.80 bits per heavy atom. The number of aliphatic hydroxyl groups excluding tert-OH is 1. The number of rotatable bonds is 8. The van der Waals surface area contributed by atoms with Crippen molar-refractivity contribution in [2.75, 3.05) is 20.3 Å². The van der Waals surface area contributed by atoms with Gasteiger partial charge in [0.15, 0.2) is 4.34 Å². The molecule has 0 aliphatic heterocycles. The van der Waals surface area contributed by atoms with E-state index in [9.17, 15) is 23.6 Å². The standard InChI is InChI=1S/C9H13ClN2O6S2/c1-18-5-6(13)2-3-11-20(16,17)8-4-7(12(14)15)9(10)19-8/h4,6,11,13H,2-3,5H2,1H3. The Balaban J connectivity index is 2.70. The second kappa shape index (κ2) is 7.29. The zero-order valence-corrected chi connectivity index (χ0v) is 12.8. The lowest BCUT2D eigenvalue weighted by atomic mass is 10.3. The molecule has 11 heteroatoms. The number of halogens is 1. The van der Waals surface area contributed by atoms with Crippen LogP contribution in [0.4, 0.5) is 5.69 Å². The first kappa shape index (κ1) is 17.3. The lowest BCUT2D eigenvalue weighted by Gasteiger charge is -2.09. The van der Waals surface area contributed by atoms with E-state index >= 15 is 0 Å². The summed E-state index contributed by atoms with van der Waals surface area (Å²) in [5, 5.41) is 20.0. The highest BCUT2D eigenvalue weighted by atomic mass is 35.5. The van der Waals surface area contributed by atoms with Crippen LogP contribution < -0.4 is 4.72 Å². The number of nitrogens with one attached hydrogen (secondary N) is 1.